The minimum atomic E-state index is -0.581. The molecule has 0 bridgehead atoms. The summed E-state index contributed by atoms with van der Waals surface area (Å²) in [7, 11) is 0. The molecular formula is C26H32N2O5. The number of nitrogens with one attached hydrogen (secondary N) is 1. The van der Waals surface area contributed by atoms with Gasteiger partial charge in [-0.2, -0.15) is 0 Å². The molecule has 2 aliphatic heterocycles. The highest BCUT2D eigenvalue weighted by Gasteiger charge is 2.55. The summed E-state index contributed by atoms with van der Waals surface area (Å²) >= 11 is 0. The molecule has 1 spiro atoms. The third-order valence-corrected chi connectivity index (χ3v) is 7.73. The molecule has 1 N–H and O–H groups in total. The molecular weight excluding hydrogens is 420 g/mol. The zero-order chi connectivity index (χ0) is 23.5. The summed E-state index contributed by atoms with van der Waals surface area (Å²) in [6.45, 7) is 6.14. The number of benzene rings is 1. The molecule has 2 aliphatic carbocycles. The second kappa shape index (κ2) is 7.67. The first-order valence-corrected chi connectivity index (χ1v) is 12.0. The highest BCUT2D eigenvalue weighted by Crippen LogP contribution is 2.62. The minimum absolute atomic E-state index is 0.0332. The molecule has 1 atom stereocenters. The Kier molecular flexibility index (Phi) is 5.14. The van der Waals surface area contributed by atoms with Crippen molar-refractivity contribution in [2.45, 2.75) is 83.9 Å². The topological polar surface area (TPSA) is 92.8 Å². The number of hydrogen-bond donors (Lipinski definition) is 1. The van der Waals surface area contributed by atoms with E-state index in [-0.39, 0.29) is 36.0 Å². The van der Waals surface area contributed by atoms with E-state index in [2.05, 4.69) is 11.4 Å². The van der Waals surface area contributed by atoms with Crippen molar-refractivity contribution in [2.24, 2.45) is 17.3 Å². The van der Waals surface area contributed by atoms with E-state index in [9.17, 15) is 19.2 Å². The third kappa shape index (κ3) is 4.06. The number of carbonyl (C=O) groups is 4. The Bertz CT molecular complexity index is 1030. The van der Waals surface area contributed by atoms with Gasteiger partial charge in [0, 0.05) is 18.5 Å². The van der Waals surface area contributed by atoms with Gasteiger partial charge in [-0.3, -0.25) is 24.5 Å². The van der Waals surface area contributed by atoms with Gasteiger partial charge in [0.15, 0.2) is 0 Å². The van der Waals surface area contributed by atoms with Crippen LogP contribution in [0.4, 0.5) is 0 Å². The number of fused-ring (bicyclic) bond motifs is 1. The average Bonchev–Trinajstić information content (AvgIpc) is 2.98. The summed E-state index contributed by atoms with van der Waals surface area (Å²) in [4.78, 5) is 50.7. The van der Waals surface area contributed by atoms with Crippen molar-refractivity contribution in [1.82, 2.24) is 10.2 Å². The largest absolute Gasteiger partial charge is 0.460 e. The number of esters is 1. The quantitative estimate of drug-likeness (QED) is 0.560. The predicted octanol–water partition coefficient (Wildman–Crippen LogP) is 3.14. The summed E-state index contributed by atoms with van der Waals surface area (Å²) in [5.74, 6) is -0.249. The molecule has 1 unspecified atom stereocenters. The molecule has 2 heterocycles. The molecule has 3 fully saturated rings. The van der Waals surface area contributed by atoms with E-state index in [4.69, 9.17) is 4.74 Å². The molecule has 0 aromatic heterocycles. The second-order valence-electron chi connectivity index (χ2n) is 11.5. The van der Waals surface area contributed by atoms with Gasteiger partial charge in [0.1, 0.15) is 11.6 Å². The molecule has 7 nitrogen and oxygen atoms in total. The van der Waals surface area contributed by atoms with Crippen molar-refractivity contribution in [3.05, 3.63) is 34.9 Å². The monoisotopic (exact) mass is 452 g/mol. The maximum atomic E-state index is 13.0. The summed E-state index contributed by atoms with van der Waals surface area (Å²) in [6.07, 6.45) is 5.63. The number of nitrogens with zero attached hydrogens (tertiary/aromatic N) is 1. The van der Waals surface area contributed by atoms with Crippen LogP contribution in [0.15, 0.2) is 18.2 Å². The lowest BCUT2D eigenvalue weighted by atomic mass is 9.47. The standard InChI is InChI=1S/C26H32N2O5/c1-25(2,3)33-24(32)17-12-26(13-17)10-15(11-26)9-16-5-4-6-18-19(16)14-28(23(18)31)20-7-8-21(29)27-22(20)30/h4-6,15,17,20H,7-14H2,1-3H3,(H,27,29,30). The van der Waals surface area contributed by atoms with Gasteiger partial charge in [-0.1, -0.05) is 12.1 Å². The molecule has 1 aromatic carbocycles. The fourth-order valence-corrected chi connectivity index (χ4v) is 6.33. The molecule has 1 aromatic rings. The van der Waals surface area contributed by atoms with Gasteiger partial charge in [-0.15, -0.1) is 0 Å². The van der Waals surface area contributed by atoms with Crippen LogP contribution < -0.4 is 5.32 Å². The second-order valence-corrected chi connectivity index (χ2v) is 11.5. The third-order valence-electron chi connectivity index (χ3n) is 7.73. The van der Waals surface area contributed by atoms with Crippen LogP contribution >= 0.6 is 0 Å². The Morgan fingerprint density at radius 3 is 2.55 bits per heavy atom. The molecule has 1 saturated heterocycles. The molecule has 5 rings (SSSR count). The molecule has 7 heteroatoms. The number of ether oxygens (including phenoxy) is 1. The average molecular weight is 453 g/mol. The van der Waals surface area contributed by atoms with Crippen molar-refractivity contribution in [2.75, 3.05) is 0 Å². The van der Waals surface area contributed by atoms with Crippen molar-refractivity contribution in [1.29, 1.82) is 0 Å². The van der Waals surface area contributed by atoms with Crippen molar-refractivity contribution in [3.63, 3.8) is 0 Å². The van der Waals surface area contributed by atoms with Crippen LogP contribution in [0.25, 0.3) is 0 Å². The Morgan fingerprint density at radius 1 is 1.15 bits per heavy atom. The fourth-order valence-electron chi connectivity index (χ4n) is 6.33. The Labute approximate surface area is 194 Å². The first-order valence-electron chi connectivity index (χ1n) is 12.0. The van der Waals surface area contributed by atoms with E-state index in [1.54, 1.807) is 4.90 Å². The molecule has 0 radical (unpaired) electrons. The van der Waals surface area contributed by atoms with Gasteiger partial charge in [0.2, 0.25) is 11.8 Å². The van der Waals surface area contributed by atoms with E-state index < -0.39 is 11.6 Å². The summed E-state index contributed by atoms with van der Waals surface area (Å²) in [6, 6.07) is 5.28. The lowest BCUT2D eigenvalue weighted by molar-refractivity contribution is -0.175. The van der Waals surface area contributed by atoms with Crippen molar-refractivity contribution < 1.29 is 23.9 Å². The smallest absolute Gasteiger partial charge is 0.309 e. The van der Waals surface area contributed by atoms with Gasteiger partial charge < -0.3 is 9.64 Å². The lowest BCUT2D eigenvalue weighted by Crippen LogP contribution is -2.52. The Morgan fingerprint density at radius 2 is 1.88 bits per heavy atom. The first kappa shape index (κ1) is 22.1. The maximum Gasteiger partial charge on any atom is 0.309 e. The van der Waals surface area contributed by atoms with Crippen LogP contribution in [0.2, 0.25) is 0 Å². The van der Waals surface area contributed by atoms with E-state index in [1.807, 2.05) is 32.9 Å². The summed E-state index contributed by atoms with van der Waals surface area (Å²) < 4.78 is 5.54. The lowest BCUT2D eigenvalue weighted by Gasteiger charge is -2.57. The van der Waals surface area contributed by atoms with E-state index in [1.165, 1.54) is 5.56 Å². The number of imide groups is 1. The van der Waals surface area contributed by atoms with Gasteiger partial charge in [0.25, 0.3) is 5.91 Å². The molecule has 33 heavy (non-hydrogen) atoms. The normalized spacial score (nSPS) is 31.1. The molecule has 2 saturated carbocycles. The van der Waals surface area contributed by atoms with Gasteiger partial charge in [0.05, 0.1) is 5.92 Å². The van der Waals surface area contributed by atoms with Crippen LogP contribution in [0.5, 0.6) is 0 Å². The molecule has 4 aliphatic rings. The van der Waals surface area contributed by atoms with Crippen LogP contribution in [0, 0.1) is 17.3 Å². The zero-order valence-corrected chi connectivity index (χ0v) is 19.6. The van der Waals surface area contributed by atoms with E-state index in [0.29, 0.717) is 29.9 Å². The van der Waals surface area contributed by atoms with Gasteiger partial charge in [-0.05, 0) is 87.8 Å². The highest BCUT2D eigenvalue weighted by molar-refractivity contribution is 6.05. The van der Waals surface area contributed by atoms with Crippen LogP contribution in [-0.4, -0.2) is 40.2 Å². The van der Waals surface area contributed by atoms with E-state index in [0.717, 1.165) is 37.7 Å². The Balaban J connectivity index is 1.19. The van der Waals surface area contributed by atoms with Crippen LogP contribution in [-0.2, 0) is 32.1 Å². The highest BCUT2D eigenvalue weighted by atomic mass is 16.6. The minimum Gasteiger partial charge on any atom is -0.460 e. The number of amides is 3. The zero-order valence-electron chi connectivity index (χ0n) is 19.6. The van der Waals surface area contributed by atoms with Crippen LogP contribution in [0.1, 0.15) is 80.8 Å². The number of rotatable bonds is 4. The van der Waals surface area contributed by atoms with Crippen molar-refractivity contribution in [3.8, 4) is 0 Å². The number of piperidine rings is 1. The Hall–Kier alpha value is -2.70. The SMILES string of the molecule is CC(C)(C)OC(=O)C1CC2(CC(Cc3cccc4c3CN(C3CCC(=O)NC3=O)C4=O)C2)C1. The number of hydrogen-bond acceptors (Lipinski definition) is 5. The molecule has 176 valence electrons. The van der Waals surface area contributed by atoms with Gasteiger partial charge >= 0.3 is 5.97 Å². The first-order chi connectivity index (χ1) is 15.5. The number of carbonyl (C=O) groups excluding carboxylic acids is 4. The summed E-state index contributed by atoms with van der Waals surface area (Å²) in [5, 5.41) is 2.36. The molecule has 3 amide bonds. The van der Waals surface area contributed by atoms with Crippen LogP contribution in [0.3, 0.4) is 0 Å². The summed E-state index contributed by atoms with van der Waals surface area (Å²) in [5.41, 5.74) is 2.74. The predicted molar refractivity (Wildman–Crippen MR) is 120 cm³/mol. The van der Waals surface area contributed by atoms with E-state index >= 15 is 0 Å². The van der Waals surface area contributed by atoms with Gasteiger partial charge in [-0.25, -0.2) is 0 Å². The maximum absolute atomic E-state index is 13.0. The fraction of sp³-hybridized carbons (Fsp3) is 0.615. The van der Waals surface area contributed by atoms with Crippen molar-refractivity contribution >= 4 is 23.7 Å².